The van der Waals surface area contributed by atoms with Gasteiger partial charge in [0.25, 0.3) is 5.56 Å². The van der Waals surface area contributed by atoms with Crippen LogP contribution < -0.4 is 21.9 Å². The first-order valence-electron chi connectivity index (χ1n) is 10.8. The molecule has 1 aromatic carbocycles. The number of aromatic nitrogens is 5. The van der Waals surface area contributed by atoms with E-state index >= 15 is 0 Å². The number of nitrogens with two attached hydrogens (primary N) is 1. The minimum Gasteiger partial charge on any atom is -0.325 e. The Labute approximate surface area is 185 Å². The van der Waals surface area contributed by atoms with Crippen molar-refractivity contribution < 1.29 is 0 Å². The smallest absolute Gasteiger partial charge is 0.278 e. The first kappa shape index (κ1) is 20.3. The van der Waals surface area contributed by atoms with Gasteiger partial charge in [0.2, 0.25) is 5.95 Å². The summed E-state index contributed by atoms with van der Waals surface area (Å²) in [5, 5.41) is 7.16. The van der Waals surface area contributed by atoms with E-state index in [1.165, 1.54) is 11.1 Å². The fourth-order valence-corrected chi connectivity index (χ4v) is 4.17. The maximum Gasteiger partial charge on any atom is 0.278 e. The van der Waals surface area contributed by atoms with Crippen LogP contribution >= 0.6 is 0 Å². The summed E-state index contributed by atoms with van der Waals surface area (Å²) >= 11 is 0. The van der Waals surface area contributed by atoms with Gasteiger partial charge in [-0.25, -0.2) is 14.3 Å². The minimum atomic E-state index is -0.132. The van der Waals surface area contributed by atoms with Gasteiger partial charge in [0.05, 0.1) is 11.4 Å². The van der Waals surface area contributed by atoms with Gasteiger partial charge >= 0.3 is 0 Å². The average molecular weight is 431 g/mol. The predicted octanol–water partition coefficient (Wildman–Crippen LogP) is 2.41. The molecule has 0 atom stereocenters. The molecule has 3 aromatic heterocycles. The lowest BCUT2D eigenvalue weighted by Crippen LogP contribution is -2.24. The first-order chi connectivity index (χ1) is 15.5. The van der Waals surface area contributed by atoms with Gasteiger partial charge in [0.15, 0.2) is 5.65 Å². The van der Waals surface area contributed by atoms with Crippen molar-refractivity contribution in [3.8, 4) is 5.69 Å². The summed E-state index contributed by atoms with van der Waals surface area (Å²) < 4.78 is 3.51. The average Bonchev–Trinajstić information content (AvgIpc) is 3.11. The Morgan fingerprint density at radius 3 is 2.88 bits per heavy atom. The summed E-state index contributed by atoms with van der Waals surface area (Å²) in [6.45, 7) is 6.11. The Hall–Kier alpha value is -3.56. The quantitative estimate of drug-likeness (QED) is 0.445. The second-order valence-corrected chi connectivity index (χ2v) is 8.23. The number of benzene rings is 1. The van der Waals surface area contributed by atoms with Crippen molar-refractivity contribution in [2.75, 3.05) is 11.9 Å². The molecule has 0 saturated heterocycles. The molecule has 5 rings (SSSR count). The molecule has 9 heteroatoms. The van der Waals surface area contributed by atoms with Crippen molar-refractivity contribution in [1.82, 2.24) is 29.6 Å². The van der Waals surface area contributed by atoms with Gasteiger partial charge in [-0.2, -0.15) is 4.98 Å². The van der Waals surface area contributed by atoms with Crippen molar-refractivity contribution in [2.45, 2.75) is 39.4 Å². The van der Waals surface area contributed by atoms with E-state index in [4.69, 9.17) is 10.7 Å². The Kier molecular flexibility index (Phi) is 5.20. The summed E-state index contributed by atoms with van der Waals surface area (Å²) in [6, 6.07) is 9.97. The zero-order valence-electron chi connectivity index (χ0n) is 18.2. The highest BCUT2D eigenvalue weighted by Crippen LogP contribution is 2.23. The Morgan fingerprint density at radius 2 is 2.06 bits per heavy atom. The molecule has 0 amide bonds. The molecular weight excluding hydrogens is 404 g/mol. The molecule has 9 nitrogen and oxygen atoms in total. The van der Waals surface area contributed by atoms with E-state index in [2.05, 4.69) is 32.7 Å². The molecule has 32 heavy (non-hydrogen) atoms. The minimum absolute atomic E-state index is 0.0734. The lowest BCUT2D eigenvalue weighted by molar-refractivity contribution is 0.475. The molecule has 4 aromatic rings. The van der Waals surface area contributed by atoms with Gasteiger partial charge in [-0.3, -0.25) is 9.78 Å². The number of anilines is 2. The zero-order chi connectivity index (χ0) is 22.2. The van der Waals surface area contributed by atoms with Gasteiger partial charge in [0, 0.05) is 37.2 Å². The number of fused-ring (bicyclic) bond motifs is 2. The summed E-state index contributed by atoms with van der Waals surface area (Å²) in [7, 11) is 0. The van der Waals surface area contributed by atoms with Crippen LogP contribution in [-0.2, 0) is 19.5 Å². The number of hydrogen-bond donors (Lipinski definition) is 3. The van der Waals surface area contributed by atoms with Crippen molar-refractivity contribution in [1.29, 1.82) is 0 Å². The van der Waals surface area contributed by atoms with Crippen LogP contribution in [0, 0.1) is 0 Å². The monoisotopic (exact) mass is 430 g/mol. The molecule has 1 aliphatic heterocycles. The third kappa shape index (κ3) is 3.55. The number of rotatable bonds is 5. The highest BCUT2D eigenvalue weighted by atomic mass is 16.1. The first-order valence-corrected chi connectivity index (χ1v) is 10.8. The van der Waals surface area contributed by atoms with Gasteiger partial charge in [0.1, 0.15) is 5.39 Å². The molecule has 0 fully saturated rings. The SMILES string of the molecule is CC(C)n1c(=O)c2cnc(Nc3ccc4c(c3)CNCC4)nc2n1-c1ccnc(CN)c1. The molecule has 0 radical (unpaired) electrons. The van der Waals surface area contributed by atoms with E-state index in [0.29, 0.717) is 23.5 Å². The molecule has 0 spiro atoms. The Morgan fingerprint density at radius 1 is 1.19 bits per heavy atom. The van der Waals surface area contributed by atoms with Gasteiger partial charge in [-0.15, -0.1) is 0 Å². The number of hydrogen-bond acceptors (Lipinski definition) is 7. The number of nitrogens with zero attached hydrogens (tertiary/aromatic N) is 5. The maximum absolute atomic E-state index is 13.1. The topological polar surface area (TPSA) is 116 Å². The van der Waals surface area contributed by atoms with E-state index < -0.39 is 0 Å². The van der Waals surface area contributed by atoms with Gasteiger partial charge < -0.3 is 16.4 Å². The predicted molar refractivity (Wildman–Crippen MR) is 124 cm³/mol. The normalized spacial score (nSPS) is 13.5. The van der Waals surface area contributed by atoms with Crippen LogP contribution in [0.3, 0.4) is 0 Å². The summed E-state index contributed by atoms with van der Waals surface area (Å²) in [5.74, 6) is 0.434. The molecule has 0 bridgehead atoms. The van der Waals surface area contributed by atoms with Gasteiger partial charge in [-0.1, -0.05) is 6.07 Å². The standard InChI is InChI=1S/C23H26N8O/c1-14(2)30-22(32)20-13-27-23(28-17-4-3-15-5-7-25-12-16(15)9-17)29-21(20)31(30)19-6-8-26-18(10-19)11-24/h3-4,6,8-10,13-14,25H,5,7,11-12,24H2,1-2H3,(H,27,28,29). The lowest BCUT2D eigenvalue weighted by Gasteiger charge is -2.18. The Balaban J connectivity index is 1.62. The molecule has 1 aliphatic rings. The summed E-state index contributed by atoms with van der Waals surface area (Å²) in [5.41, 5.74) is 11.3. The van der Waals surface area contributed by atoms with Crippen LogP contribution in [0.4, 0.5) is 11.6 Å². The summed E-state index contributed by atoms with van der Waals surface area (Å²) in [4.78, 5) is 26.6. The molecule has 4 N–H and O–H groups in total. The molecule has 164 valence electrons. The second-order valence-electron chi connectivity index (χ2n) is 8.23. The fourth-order valence-electron chi connectivity index (χ4n) is 4.17. The molecule has 0 aliphatic carbocycles. The Bertz CT molecular complexity index is 1350. The van der Waals surface area contributed by atoms with E-state index in [1.807, 2.05) is 36.7 Å². The van der Waals surface area contributed by atoms with E-state index in [9.17, 15) is 4.79 Å². The van der Waals surface area contributed by atoms with Crippen molar-refractivity contribution in [3.63, 3.8) is 0 Å². The molecule has 0 saturated carbocycles. The number of pyridine rings is 1. The molecular formula is C23H26N8O. The molecule has 4 heterocycles. The van der Waals surface area contributed by atoms with E-state index in [0.717, 1.165) is 36.6 Å². The third-order valence-electron chi connectivity index (χ3n) is 5.72. The number of nitrogens with one attached hydrogen (secondary N) is 2. The highest BCUT2D eigenvalue weighted by molar-refractivity contribution is 5.77. The zero-order valence-corrected chi connectivity index (χ0v) is 18.2. The van der Waals surface area contributed by atoms with Crippen molar-refractivity contribution in [2.24, 2.45) is 5.73 Å². The van der Waals surface area contributed by atoms with Crippen LogP contribution in [0.15, 0.2) is 47.5 Å². The molecule has 0 unspecified atom stereocenters. The van der Waals surface area contributed by atoms with Crippen molar-refractivity contribution >= 4 is 22.7 Å². The van der Waals surface area contributed by atoms with Crippen LogP contribution in [0.1, 0.15) is 36.7 Å². The van der Waals surface area contributed by atoms with Crippen LogP contribution in [0.5, 0.6) is 0 Å². The highest BCUT2D eigenvalue weighted by Gasteiger charge is 2.20. The van der Waals surface area contributed by atoms with E-state index in [-0.39, 0.29) is 11.6 Å². The van der Waals surface area contributed by atoms with Gasteiger partial charge in [-0.05, 0) is 62.2 Å². The van der Waals surface area contributed by atoms with Crippen LogP contribution in [0.2, 0.25) is 0 Å². The second kappa shape index (κ2) is 8.18. The third-order valence-corrected chi connectivity index (χ3v) is 5.72. The summed E-state index contributed by atoms with van der Waals surface area (Å²) in [6.07, 6.45) is 4.32. The van der Waals surface area contributed by atoms with E-state index in [1.54, 1.807) is 17.1 Å². The van der Waals surface area contributed by atoms with Crippen LogP contribution in [-0.4, -0.2) is 30.9 Å². The lowest BCUT2D eigenvalue weighted by atomic mass is 10.0. The fraction of sp³-hybridized carbons (Fsp3) is 0.304. The largest absolute Gasteiger partial charge is 0.325 e. The maximum atomic E-state index is 13.1. The van der Waals surface area contributed by atoms with Crippen LogP contribution in [0.25, 0.3) is 16.7 Å². The van der Waals surface area contributed by atoms with Crippen molar-refractivity contribution in [3.05, 3.63) is 69.9 Å².